The van der Waals surface area contributed by atoms with Crippen LogP contribution < -0.4 is 5.32 Å². The molecule has 25 heavy (non-hydrogen) atoms. The van der Waals surface area contributed by atoms with Crippen molar-refractivity contribution in [3.63, 3.8) is 0 Å². The fraction of sp³-hybridized carbons (Fsp3) is 0.278. The monoisotopic (exact) mass is 341 g/mol. The Balaban J connectivity index is 1.72. The highest BCUT2D eigenvalue weighted by molar-refractivity contribution is 6.40. The number of piperazine rings is 1. The van der Waals surface area contributed by atoms with Gasteiger partial charge >= 0.3 is 11.8 Å². The Bertz CT molecular complexity index is 841. The number of nitrogens with one attached hydrogen (secondary N) is 1. The number of amides is 3. The van der Waals surface area contributed by atoms with Gasteiger partial charge in [0, 0.05) is 49.6 Å². The molecule has 0 unspecified atom stereocenters. The first-order valence-corrected chi connectivity index (χ1v) is 8.04. The van der Waals surface area contributed by atoms with Gasteiger partial charge < -0.3 is 20.2 Å². The summed E-state index contributed by atoms with van der Waals surface area (Å²) in [4.78, 5) is 39.1. The molecule has 3 rings (SSSR count). The maximum Gasteiger partial charge on any atom is 0.313 e. The number of nitrogens with zero attached hydrogens (tertiary/aromatic N) is 2. The van der Waals surface area contributed by atoms with Gasteiger partial charge in [0.2, 0.25) is 5.91 Å². The lowest BCUT2D eigenvalue weighted by atomic mass is 10.1. The molecule has 0 aliphatic carbocycles. The SMILES string of the molecule is CC(=O)N1CCN(C(=O)C(=O)Nc2cccc3c(O)cccc23)CC1. The summed E-state index contributed by atoms with van der Waals surface area (Å²) in [5, 5.41) is 13.8. The van der Waals surface area contributed by atoms with E-state index in [1.165, 1.54) is 11.8 Å². The van der Waals surface area contributed by atoms with Crippen molar-refractivity contribution in [3.8, 4) is 5.75 Å². The number of hydrogen-bond donors (Lipinski definition) is 2. The van der Waals surface area contributed by atoms with Crippen LogP contribution in [-0.4, -0.2) is 58.8 Å². The zero-order valence-electron chi connectivity index (χ0n) is 13.9. The number of carbonyl (C=O) groups excluding carboxylic acids is 3. The van der Waals surface area contributed by atoms with Crippen LogP contribution >= 0.6 is 0 Å². The van der Waals surface area contributed by atoms with E-state index in [1.807, 2.05) is 0 Å². The molecule has 7 heteroatoms. The van der Waals surface area contributed by atoms with E-state index in [1.54, 1.807) is 41.3 Å². The molecule has 1 heterocycles. The number of anilines is 1. The van der Waals surface area contributed by atoms with Gasteiger partial charge in [0.15, 0.2) is 0 Å². The number of rotatable bonds is 1. The number of benzene rings is 2. The molecular weight excluding hydrogens is 322 g/mol. The summed E-state index contributed by atoms with van der Waals surface area (Å²) in [6.07, 6.45) is 0. The topological polar surface area (TPSA) is 90.0 Å². The maximum absolute atomic E-state index is 12.3. The number of carbonyl (C=O) groups is 3. The average Bonchev–Trinajstić information content (AvgIpc) is 2.62. The van der Waals surface area contributed by atoms with Crippen LogP contribution in [0.25, 0.3) is 10.8 Å². The molecule has 0 atom stereocenters. The van der Waals surface area contributed by atoms with Crippen molar-refractivity contribution in [2.45, 2.75) is 6.92 Å². The second-order valence-corrected chi connectivity index (χ2v) is 5.93. The Labute approximate surface area is 144 Å². The quantitative estimate of drug-likeness (QED) is 0.762. The van der Waals surface area contributed by atoms with Gasteiger partial charge in [0.05, 0.1) is 0 Å². The molecule has 130 valence electrons. The predicted octanol–water partition coefficient (Wildman–Crippen LogP) is 1.17. The molecule has 0 saturated carbocycles. The molecule has 1 aliphatic heterocycles. The number of hydrogen-bond acceptors (Lipinski definition) is 4. The van der Waals surface area contributed by atoms with Gasteiger partial charge in [-0.3, -0.25) is 14.4 Å². The van der Waals surface area contributed by atoms with Crippen LogP contribution in [0.15, 0.2) is 36.4 Å². The summed E-state index contributed by atoms with van der Waals surface area (Å²) in [5.74, 6) is -1.28. The van der Waals surface area contributed by atoms with Crippen molar-refractivity contribution in [1.82, 2.24) is 9.80 Å². The zero-order valence-corrected chi connectivity index (χ0v) is 13.9. The standard InChI is InChI=1S/C18H19N3O4/c1-12(22)20-8-10-21(11-9-20)18(25)17(24)19-15-6-2-5-14-13(15)4-3-7-16(14)23/h2-7,23H,8-11H2,1H3,(H,19,24). The van der Waals surface area contributed by atoms with Gasteiger partial charge in [-0.1, -0.05) is 24.3 Å². The molecule has 0 radical (unpaired) electrons. The molecule has 1 aliphatic rings. The Kier molecular flexibility index (Phi) is 4.56. The molecular formula is C18H19N3O4. The lowest BCUT2D eigenvalue weighted by Crippen LogP contribution is -2.52. The van der Waals surface area contributed by atoms with Crippen LogP contribution in [0.2, 0.25) is 0 Å². The van der Waals surface area contributed by atoms with Gasteiger partial charge in [0.1, 0.15) is 5.75 Å². The largest absolute Gasteiger partial charge is 0.507 e. The van der Waals surface area contributed by atoms with Crippen LogP contribution in [0.1, 0.15) is 6.92 Å². The van der Waals surface area contributed by atoms with E-state index >= 15 is 0 Å². The third kappa shape index (κ3) is 3.40. The summed E-state index contributed by atoms with van der Waals surface area (Å²) in [6, 6.07) is 10.1. The molecule has 2 aromatic rings. The van der Waals surface area contributed by atoms with Crippen LogP contribution in [0.4, 0.5) is 5.69 Å². The third-order valence-electron chi connectivity index (χ3n) is 4.35. The second-order valence-electron chi connectivity index (χ2n) is 5.93. The molecule has 3 amide bonds. The molecule has 1 saturated heterocycles. The minimum atomic E-state index is -0.730. The molecule has 7 nitrogen and oxygen atoms in total. The normalized spacial score (nSPS) is 14.4. The van der Waals surface area contributed by atoms with Gasteiger partial charge in [-0.2, -0.15) is 0 Å². The maximum atomic E-state index is 12.3. The van der Waals surface area contributed by atoms with Gasteiger partial charge in [-0.15, -0.1) is 0 Å². The number of fused-ring (bicyclic) bond motifs is 1. The summed E-state index contributed by atoms with van der Waals surface area (Å²) >= 11 is 0. The first-order chi connectivity index (χ1) is 12.0. The molecule has 0 bridgehead atoms. The Hall–Kier alpha value is -3.09. The average molecular weight is 341 g/mol. The van der Waals surface area contributed by atoms with Crippen molar-refractivity contribution >= 4 is 34.2 Å². The highest BCUT2D eigenvalue weighted by Crippen LogP contribution is 2.29. The van der Waals surface area contributed by atoms with Crippen LogP contribution in [0, 0.1) is 0 Å². The van der Waals surface area contributed by atoms with Crippen molar-refractivity contribution in [3.05, 3.63) is 36.4 Å². The summed E-state index contributed by atoms with van der Waals surface area (Å²) in [5.41, 5.74) is 0.467. The number of phenolic OH excluding ortho intramolecular Hbond substituents is 1. The smallest absolute Gasteiger partial charge is 0.313 e. The van der Waals surface area contributed by atoms with Crippen LogP contribution in [-0.2, 0) is 14.4 Å². The summed E-state index contributed by atoms with van der Waals surface area (Å²) in [6.45, 7) is 3.01. The van der Waals surface area contributed by atoms with Crippen molar-refractivity contribution in [1.29, 1.82) is 0 Å². The summed E-state index contributed by atoms with van der Waals surface area (Å²) < 4.78 is 0. The third-order valence-corrected chi connectivity index (χ3v) is 4.35. The second kappa shape index (κ2) is 6.80. The first kappa shape index (κ1) is 16.8. The minimum absolute atomic E-state index is 0.0351. The number of phenols is 1. The van der Waals surface area contributed by atoms with Crippen molar-refractivity contribution < 1.29 is 19.5 Å². The minimum Gasteiger partial charge on any atom is -0.507 e. The molecule has 2 aromatic carbocycles. The zero-order chi connectivity index (χ0) is 18.0. The Morgan fingerprint density at radius 1 is 0.920 bits per heavy atom. The van der Waals surface area contributed by atoms with Gasteiger partial charge in [-0.05, 0) is 12.1 Å². The molecule has 0 aromatic heterocycles. The number of aromatic hydroxyl groups is 1. The van der Waals surface area contributed by atoms with E-state index < -0.39 is 11.8 Å². The highest BCUT2D eigenvalue weighted by atomic mass is 16.3. The van der Waals surface area contributed by atoms with E-state index in [0.717, 1.165) is 0 Å². The van der Waals surface area contributed by atoms with E-state index in [4.69, 9.17) is 0 Å². The predicted molar refractivity (Wildman–Crippen MR) is 93.1 cm³/mol. The van der Waals surface area contributed by atoms with Crippen molar-refractivity contribution in [2.24, 2.45) is 0 Å². The summed E-state index contributed by atoms with van der Waals surface area (Å²) in [7, 11) is 0. The van der Waals surface area contributed by atoms with Crippen LogP contribution in [0.3, 0.4) is 0 Å². The lowest BCUT2D eigenvalue weighted by Gasteiger charge is -2.33. The van der Waals surface area contributed by atoms with E-state index in [2.05, 4.69) is 5.32 Å². The molecule has 0 spiro atoms. The first-order valence-electron chi connectivity index (χ1n) is 8.04. The fourth-order valence-electron chi connectivity index (χ4n) is 2.95. The Morgan fingerprint density at radius 2 is 1.52 bits per heavy atom. The molecule has 1 fully saturated rings. The lowest BCUT2D eigenvalue weighted by molar-refractivity contribution is -0.145. The van der Waals surface area contributed by atoms with Crippen molar-refractivity contribution in [2.75, 3.05) is 31.5 Å². The van der Waals surface area contributed by atoms with Gasteiger partial charge in [-0.25, -0.2) is 0 Å². The molecule has 2 N–H and O–H groups in total. The highest BCUT2D eigenvalue weighted by Gasteiger charge is 2.27. The Morgan fingerprint density at radius 3 is 2.20 bits per heavy atom. The fourth-order valence-corrected chi connectivity index (χ4v) is 2.95. The van der Waals surface area contributed by atoms with Crippen LogP contribution in [0.5, 0.6) is 5.75 Å². The van der Waals surface area contributed by atoms with E-state index in [-0.39, 0.29) is 11.7 Å². The van der Waals surface area contributed by atoms with Gasteiger partial charge in [0.25, 0.3) is 0 Å². The van der Waals surface area contributed by atoms with E-state index in [0.29, 0.717) is 42.6 Å². The van der Waals surface area contributed by atoms with E-state index in [9.17, 15) is 19.5 Å².